The Hall–Kier alpha value is -2.17. The highest BCUT2D eigenvalue weighted by molar-refractivity contribution is 5.76. The average molecular weight is 668 g/mol. The summed E-state index contributed by atoms with van der Waals surface area (Å²) in [6.45, 7) is 4.23. The molecule has 3 N–H and O–H groups in total. The highest BCUT2D eigenvalue weighted by Crippen LogP contribution is 2.12. The zero-order valence-corrected chi connectivity index (χ0v) is 31.5. The number of aliphatic hydroxyl groups excluding tert-OH is 2. The van der Waals surface area contributed by atoms with Crippen LogP contribution < -0.4 is 5.32 Å². The minimum atomic E-state index is -0.875. The van der Waals surface area contributed by atoms with Crippen molar-refractivity contribution in [2.75, 3.05) is 6.61 Å². The van der Waals surface area contributed by atoms with Crippen molar-refractivity contribution in [1.29, 1.82) is 0 Å². The van der Waals surface area contributed by atoms with E-state index >= 15 is 0 Å². The van der Waals surface area contributed by atoms with Gasteiger partial charge >= 0.3 is 0 Å². The molecule has 0 aromatic carbocycles. The van der Waals surface area contributed by atoms with E-state index in [0.29, 0.717) is 6.42 Å². The van der Waals surface area contributed by atoms with E-state index < -0.39 is 12.1 Å². The Morgan fingerprint density at radius 1 is 0.500 bits per heavy atom. The van der Waals surface area contributed by atoms with E-state index in [1.54, 1.807) is 6.08 Å². The summed E-state index contributed by atoms with van der Waals surface area (Å²) in [6.07, 6.45) is 55.6. The fourth-order valence-corrected chi connectivity index (χ4v) is 5.51. The van der Waals surface area contributed by atoms with Crippen molar-refractivity contribution >= 4 is 5.91 Å². The van der Waals surface area contributed by atoms with Gasteiger partial charge in [-0.05, 0) is 83.5 Å². The van der Waals surface area contributed by atoms with Gasteiger partial charge < -0.3 is 15.5 Å². The van der Waals surface area contributed by atoms with E-state index in [1.165, 1.54) is 103 Å². The van der Waals surface area contributed by atoms with Gasteiger partial charge in [0.1, 0.15) is 0 Å². The summed E-state index contributed by atoms with van der Waals surface area (Å²) in [4.78, 5) is 12.3. The maximum Gasteiger partial charge on any atom is 0.220 e. The molecule has 0 rings (SSSR count). The maximum atomic E-state index is 12.3. The lowest BCUT2D eigenvalue weighted by Gasteiger charge is -2.19. The molecule has 2 unspecified atom stereocenters. The molecule has 0 radical (unpaired) electrons. The molecule has 0 bridgehead atoms. The van der Waals surface area contributed by atoms with Gasteiger partial charge in [0.05, 0.1) is 18.8 Å². The van der Waals surface area contributed by atoms with Crippen LogP contribution in [0.15, 0.2) is 72.9 Å². The molecule has 48 heavy (non-hydrogen) atoms. The van der Waals surface area contributed by atoms with Crippen molar-refractivity contribution < 1.29 is 15.0 Å². The number of nitrogens with one attached hydrogen (secondary N) is 1. The van der Waals surface area contributed by atoms with Gasteiger partial charge in [-0.3, -0.25) is 4.79 Å². The van der Waals surface area contributed by atoms with E-state index in [4.69, 9.17) is 0 Å². The first kappa shape index (κ1) is 45.8. The van der Waals surface area contributed by atoms with E-state index in [0.717, 1.165) is 57.8 Å². The van der Waals surface area contributed by atoms with E-state index in [1.807, 2.05) is 6.08 Å². The Balaban J connectivity index is 3.68. The standard InChI is InChI=1S/C44H77NO3/c1-3-5-7-9-11-13-15-17-18-19-20-21-22-23-24-25-26-28-30-32-34-36-38-40-44(48)45-42(41-46)43(47)39-37-35-33-31-29-27-16-14-12-10-8-6-4-2/h12,14-15,17,19-20,22-23,29,31,37,39,42-43,46-47H,3-11,13,16,18,21,24-28,30,32-36,38,40-41H2,1-2H3,(H,45,48)/b14-12+,17-15-,20-19-,23-22-,31-29+,39-37+. The number of rotatable bonds is 35. The molecule has 0 aliphatic heterocycles. The van der Waals surface area contributed by atoms with Crippen molar-refractivity contribution in [3.8, 4) is 0 Å². The van der Waals surface area contributed by atoms with Gasteiger partial charge in [-0.25, -0.2) is 0 Å². The Morgan fingerprint density at radius 3 is 1.40 bits per heavy atom. The Kier molecular flexibility index (Phi) is 37.5. The normalized spacial score (nSPS) is 13.8. The minimum Gasteiger partial charge on any atom is -0.394 e. The van der Waals surface area contributed by atoms with Crippen LogP contribution in [0.2, 0.25) is 0 Å². The predicted octanol–water partition coefficient (Wildman–Crippen LogP) is 12.3. The second kappa shape index (κ2) is 39.3. The third-order valence-electron chi connectivity index (χ3n) is 8.64. The Labute approximate surface area is 298 Å². The third kappa shape index (κ3) is 35.1. The van der Waals surface area contributed by atoms with Crippen LogP contribution in [0.5, 0.6) is 0 Å². The number of amides is 1. The van der Waals surface area contributed by atoms with Crippen molar-refractivity contribution in [1.82, 2.24) is 5.32 Å². The number of hydrogen-bond acceptors (Lipinski definition) is 3. The highest BCUT2D eigenvalue weighted by atomic mass is 16.3. The molecule has 0 heterocycles. The molecule has 2 atom stereocenters. The fourth-order valence-electron chi connectivity index (χ4n) is 5.51. The molecular formula is C44H77NO3. The molecule has 1 amide bonds. The van der Waals surface area contributed by atoms with Gasteiger partial charge in [0.15, 0.2) is 0 Å². The van der Waals surface area contributed by atoms with Crippen LogP contribution in [0.1, 0.15) is 181 Å². The van der Waals surface area contributed by atoms with Crippen LogP contribution in [0.25, 0.3) is 0 Å². The molecular weight excluding hydrogens is 590 g/mol. The maximum absolute atomic E-state index is 12.3. The number of carbonyl (C=O) groups is 1. The van der Waals surface area contributed by atoms with E-state index in [9.17, 15) is 15.0 Å². The zero-order valence-electron chi connectivity index (χ0n) is 31.5. The van der Waals surface area contributed by atoms with Crippen LogP contribution in [0.4, 0.5) is 0 Å². The summed E-state index contributed by atoms with van der Waals surface area (Å²) in [5.74, 6) is -0.0901. The molecule has 0 saturated carbocycles. The van der Waals surface area contributed by atoms with Crippen LogP contribution in [-0.2, 0) is 4.79 Å². The highest BCUT2D eigenvalue weighted by Gasteiger charge is 2.17. The number of unbranched alkanes of at least 4 members (excludes halogenated alkanes) is 18. The lowest BCUT2D eigenvalue weighted by molar-refractivity contribution is -0.123. The first-order chi connectivity index (χ1) is 23.7. The topological polar surface area (TPSA) is 69.6 Å². The van der Waals surface area contributed by atoms with Gasteiger partial charge in [-0.1, -0.05) is 164 Å². The molecule has 0 saturated heterocycles. The zero-order chi connectivity index (χ0) is 35.0. The molecule has 0 aliphatic carbocycles. The fraction of sp³-hybridized carbons (Fsp3) is 0.705. The van der Waals surface area contributed by atoms with Gasteiger partial charge in [0.25, 0.3) is 0 Å². The molecule has 0 aliphatic rings. The predicted molar refractivity (Wildman–Crippen MR) is 211 cm³/mol. The smallest absolute Gasteiger partial charge is 0.220 e. The second-order valence-electron chi connectivity index (χ2n) is 13.3. The number of carbonyl (C=O) groups excluding carboxylic acids is 1. The van der Waals surface area contributed by atoms with Crippen LogP contribution in [-0.4, -0.2) is 34.9 Å². The van der Waals surface area contributed by atoms with Crippen molar-refractivity contribution in [2.24, 2.45) is 0 Å². The van der Waals surface area contributed by atoms with E-state index in [2.05, 4.69) is 79.9 Å². The lowest BCUT2D eigenvalue weighted by atomic mass is 10.1. The summed E-state index contributed by atoms with van der Waals surface area (Å²) >= 11 is 0. The summed E-state index contributed by atoms with van der Waals surface area (Å²) < 4.78 is 0. The number of hydrogen-bond donors (Lipinski definition) is 3. The van der Waals surface area contributed by atoms with Crippen molar-refractivity contribution in [3.05, 3.63) is 72.9 Å². The summed E-state index contributed by atoms with van der Waals surface area (Å²) in [6, 6.07) is -0.651. The van der Waals surface area contributed by atoms with Crippen molar-refractivity contribution in [2.45, 2.75) is 193 Å². The molecule has 0 aromatic rings. The number of aliphatic hydroxyl groups is 2. The van der Waals surface area contributed by atoms with Crippen LogP contribution in [0, 0.1) is 0 Å². The first-order valence-corrected chi connectivity index (χ1v) is 20.2. The van der Waals surface area contributed by atoms with Crippen LogP contribution >= 0.6 is 0 Å². The molecule has 276 valence electrons. The van der Waals surface area contributed by atoms with Crippen molar-refractivity contribution in [3.63, 3.8) is 0 Å². The molecule has 0 aromatic heterocycles. The average Bonchev–Trinajstić information content (AvgIpc) is 3.09. The molecule has 0 fully saturated rings. The molecule has 4 nitrogen and oxygen atoms in total. The molecule has 0 spiro atoms. The summed E-state index contributed by atoms with van der Waals surface area (Å²) in [5.41, 5.74) is 0. The molecule has 4 heteroatoms. The van der Waals surface area contributed by atoms with E-state index in [-0.39, 0.29) is 12.5 Å². The van der Waals surface area contributed by atoms with Gasteiger partial charge in [-0.15, -0.1) is 0 Å². The monoisotopic (exact) mass is 668 g/mol. The van der Waals surface area contributed by atoms with Crippen LogP contribution in [0.3, 0.4) is 0 Å². The first-order valence-electron chi connectivity index (χ1n) is 20.2. The number of allylic oxidation sites excluding steroid dienone is 11. The third-order valence-corrected chi connectivity index (χ3v) is 8.64. The van der Waals surface area contributed by atoms with Gasteiger partial charge in [0.2, 0.25) is 5.91 Å². The Morgan fingerprint density at radius 2 is 0.875 bits per heavy atom. The quantitative estimate of drug-likeness (QED) is 0.0465. The SMILES string of the molecule is CCCCC/C=C/CC/C=C/CC/C=C/C(O)C(CO)NC(=O)CCCCCCCCCC/C=C\C/C=C\C/C=C\CCCCCCC. The summed E-state index contributed by atoms with van der Waals surface area (Å²) in [5, 5.41) is 22.9. The summed E-state index contributed by atoms with van der Waals surface area (Å²) in [7, 11) is 0. The lowest BCUT2D eigenvalue weighted by Crippen LogP contribution is -2.45. The van der Waals surface area contributed by atoms with Gasteiger partial charge in [0, 0.05) is 6.42 Å². The largest absolute Gasteiger partial charge is 0.394 e. The minimum absolute atomic E-state index is 0.0901. The second-order valence-corrected chi connectivity index (χ2v) is 13.3. The Bertz CT molecular complexity index is 853. The van der Waals surface area contributed by atoms with Gasteiger partial charge in [-0.2, -0.15) is 0 Å².